The molecule has 0 spiro atoms. The first-order chi connectivity index (χ1) is 6.74. The van der Waals surface area contributed by atoms with Crippen molar-refractivity contribution < 1.29 is 5.11 Å². The monoisotopic (exact) mass is 192 g/mol. The number of aryl methyl sites for hydroxylation is 1. The van der Waals surface area contributed by atoms with Gasteiger partial charge in [-0.25, -0.2) is 4.98 Å². The van der Waals surface area contributed by atoms with Crippen LogP contribution in [0, 0.1) is 0 Å². The Kier molecular flexibility index (Phi) is 2.18. The van der Waals surface area contributed by atoms with Crippen molar-refractivity contribution in [1.82, 2.24) is 14.5 Å². The maximum atomic E-state index is 8.94. The van der Waals surface area contributed by atoms with E-state index in [9.17, 15) is 0 Å². The highest BCUT2D eigenvalue weighted by molar-refractivity contribution is 5.74. The largest absolute Gasteiger partial charge is 0.394 e. The SMILES string of the molecule is Cn1c(C(N)CO)nc2cnccc21. The Hall–Kier alpha value is -1.46. The molecule has 1 unspecified atom stereocenters. The molecule has 14 heavy (non-hydrogen) atoms. The third-order valence-electron chi connectivity index (χ3n) is 2.25. The van der Waals surface area contributed by atoms with E-state index in [1.54, 1.807) is 12.4 Å². The minimum Gasteiger partial charge on any atom is -0.394 e. The average Bonchev–Trinajstić information content (AvgIpc) is 2.56. The van der Waals surface area contributed by atoms with Gasteiger partial charge in [0.15, 0.2) is 0 Å². The number of rotatable bonds is 2. The van der Waals surface area contributed by atoms with Crippen LogP contribution in [0.5, 0.6) is 0 Å². The first-order valence-electron chi connectivity index (χ1n) is 4.37. The Morgan fingerprint density at radius 1 is 1.64 bits per heavy atom. The van der Waals surface area contributed by atoms with E-state index in [2.05, 4.69) is 9.97 Å². The van der Waals surface area contributed by atoms with Crippen LogP contribution in [0.15, 0.2) is 18.5 Å². The zero-order valence-electron chi connectivity index (χ0n) is 7.88. The Morgan fingerprint density at radius 2 is 2.43 bits per heavy atom. The van der Waals surface area contributed by atoms with Crippen molar-refractivity contribution in [3.63, 3.8) is 0 Å². The fraction of sp³-hybridized carbons (Fsp3) is 0.333. The number of imidazole rings is 1. The zero-order valence-corrected chi connectivity index (χ0v) is 7.88. The molecule has 0 bridgehead atoms. The fourth-order valence-electron chi connectivity index (χ4n) is 1.48. The van der Waals surface area contributed by atoms with Crippen molar-refractivity contribution in [2.75, 3.05) is 6.61 Å². The summed E-state index contributed by atoms with van der Waals surface area (Å²) in [4.78, 5) is 8.27. The molecule has 0 aromatic carbocycles. The van der Waals surface area contributed by atoms with Crippen LogP contribution in [-0.4, -0.2) is 26.2 Å². The lowest BCUT2D eigenvalue weighted by molar-refractivity contribution is 0.262. The molecule has 2 aromatic heterocycles. The molecule has 2 heterocycles. The number of nitrogens with zero attached hydrogens (tertiary/aromatic N) is 3. The highest BCUT2D eigenvalue weighted by Gasteiger charge is 2.13. The summed E-state index contributed by atoms with van der Waals surface area (Å²) in [5, 5.41) is 8.94. The van der Waals surface area contributed by atoms with Gasteiger partial charge in [-0.05, 0) is 6.07 Å². The number of aliphatic hydroxyl groups is 1. The van der Waals surface area contributed by atoms with E-state index in [0.717, 1.165) is 11.0 Å². The predicted molar refractivity (Wildman–Crippen MR) is 52.5 cm³/mol. The summed E-state index contributed by atoms with van der Waals surface area (Å²) >= 11 is 0. The van der Waals surface area contributed by atoms with E-state index < -0.39 is 6.04 Å². The number of hydrogen-bond donors (Lipinski definition) is 2. The van der Waals surface area contributed by atoms with E-state index in [0.29, 0.717) is 5.82 Å². The Labute approximate surface area is 81.2 Å². The Balaban J connectivity index is 2.62. The number of aliphatic hydroxyl groups excluding tert-OH is 1. The summed E-state index contributed by atoms with van der Waals surface area (Å²) in [5.74, 6) is 0.676. The summed E-state index contributed by atoms with van der Waals surface area (Å²) in [7, 11) is 1.88. The molecular weight excluding hydrogens is 180 g/mol. The second-order valence-corrected chi connectivity index (χ2v) is 3.18. The van der Waals surface area contributed by atoms with Gasteiger partial charge in [-0.3, -0.25) is 4.98 Å². The predicted octanol–water partition coefficient (Wildman–Crippen LogP) is -0.0396. The summed E-state index contributed by atoms with van der Waals surface area (Å²) in [6.07, 6.45) is 3.39. The smallest absolute Gasteiger partial charge is 0.129 e. The van der Waals surface area contributed by atoms with Crippen LogP contribution in [0.25, 0.3) is 11.0 Å². The molecule has 0 aliphatic rings. The molecular formula is C9H12N4O. The Morgan fingerprint density at radius 3 is 3.07 bits per heavy atom. The lowest BCUT2D eigenvalue weighted by atomic mass is 10.3. The second-order valence-electron chi connectivity index (χ2n) is 3.18. The average molecular weight is 192 g/mol. The van der Waals surface area contributed by atoms with Gasteiger partial charge in [-0.1, -0.05) is 0 Å². The van der Waals surface area contributed by atoms with Gasteiger partial charge >= 0.3 is 0 Å². The number of fused-ring (bicyclic) bond motifs is 1. The standard InChI is InChI=1S/C9H12N4O/c1-13-8-2-3-11-4-7(8)12-9(13)6(10)5-14/h2-4,6,14H,5,10H2,1H3. The molecule has 0 saturated heterocycles. The minimum atomic E-state index is -0.438. The molecule has 0 saturated carbocycles. The fourth-order valence-corrected chi connectivity index (χ4v) is 1.48. The van der Waals surface area contributed by atoms with Crippen LogP contribution in [0.2, 0.25) is 0 Å². The van der Waals surface area contributed by atoms with E-state index in [4.69, 9.17) is 10.8 Å². The van der Waals surface area contributed by atoms with Crippen molar-refractivity contribution in [2.24, 2.45) is 12.8 Å². The summed E-state index contributed by atoms with van der Waals surface area (Å²) in [6.45, 7) is -0.107. The molecule has 5 heteroatoms. The second kappa shape index (κ2) is 3.36. The quantitative estimate of drug-likeness (QED) is 0.700. The first-order valence-corrected chi connectivity index (χ1v) is 4.37. The maximum Gasteiger partial charge on any atom is 0.129 e. The molecule has 0 aliphatic heterocycles. The van der Waals surface area contributed by atoms with Crippen molar-refractivity contribution >= 4 is 11.0 Å². The molecule has 0 fully saturated rings. The van der Waals surface area contributed by atoms with Gasteiger partial charge in [0.1, 0.15) is 11.3 Å². The third-order valence-corrected chi connectivity index (χ3v) is 2.25. The van der Waals surface area contributed by atoms with Crippen LogP contribution in [-0.2, 0) is 7.05 Å². The van der Waals surface area contributed by atoms with E-state index >= 15 is 0 Å². The number of hydrogen-bond acceptors (Lipinski definition) is 4. The van der Waals surface area contributed by atoms with Crippen LogP contribution in [0.3, 0.4) is 0 Å². The molecule has 2 aromatic rings. The highest BCUT2D eigenvalue weighted by atomic mass is 16.3. The molecule has 74 valence electrons. The van der Waals surface area contributed by atoms with Crippen LogP contribution < -0.4 is 5.73 Å². The first kappa shape index (κ1) is 9.11. The highest BCUT2D eigenvalue weighted by Crippen LogP contribution is 2.16. The van der Waals surface area contributed by atoms with Crippen molar-refractivity contribution in [2.45, 2.75) is 6.04 Å². The van der Waals surface area contributed by atoms with Gasteiger partial charge in [0, 0.05) is 13.2 Å². The summed E-state index contributed by atoms with van der Waals surface area (Å²) in [5.41, 5.74) is 7.48. The van der Waals surface area contributed by atoms with Gasteiger partial charge in [-0.15, -0.1) is 0 Å². The van der Waals surface area contributed by atoms with Gasteiger partial charge < -0.3 is 15.4 Å². The van der Waals surface area contributed by atoms with Crippen molar-refractivity contribution in [3.05, 3.63) is 24.3 Å². The lowest BCUT2D eigenvalue weighted by Crippen LogP contribution is -2.18. The normalized spacial score (nSPS) is 13.4. The molecule has 2 rings (SSSR count). The van der Waals surface area contributed by atoms with E-state index in [1.807, 2.05) is 17.7 Å². The molecule has 0 amide bonds. The minimum absolute atomic E-state index is 0.107. The number of aromatic nitrogens is 3. The lowest BCUT2D eigenvalue weighted by Gasteiger charge is -2.07. The Bertz CT molecular complexity index is 451. The van der Waals surface area contributed by atoms with Gasteiger partial charge in [0.25, 0.3) is 0 Å². The topological polar surface area (TPSA) is 77.0 Å². The molecule has 0 aliphatic carbocycles. The van der Waals surface area contributed by atoms with Crippen LogP contribution in [0.4, 0.5) is 0 Å². The van der Waals surface area contributed by atoms with Crippen molar-refractivity contribution in [3.8, 4) is 0 Å². The van der Waals surface area contributed by atoms with Gasteiger partial charge in [0.05, 0.1) is 24.4 Å². The third kappa shape index (κ3) is 1.26. The summed E-state index contributed by atoms with van der Waals surface area (Å²) < 4.78 is 1.87. The molecule has 5 nitrogen and oxygen atoms in total. The maximum absolute atomic E-state index is 8.94. The van der Waals surface area contributed by atoms with Gasteiger partial charge in [-0.2, -0.15) is 0 Å². The molecule has 1 atom stereocenters. The number of nitrogens with two attached hydrogens (primary N) is 1. The van der Waals surface area contributed by atoms with E-state index in [1.165, 1.54) is 0 Å². The summed E-state index contributed by atoms with van der Waals surface area (Å²) in [6, 6.07) is 1.43. The molecule has 3 N–H and O–H groups in total. The van der Waals surface area contributed by atoms with Crippen LogP contribution >= 0.6 is 0 Å². The zero-order chi connectivity index (χ0) is 10.1. The molecule has 0 radical (unpaired) electrons. The number of pyridine rings is 1. The van der Waals surface area contributed by atoms with Crippen LogP contribution in [0.1, 0.15) is 11.9 Å². The van der Waals surface area contributed by atoms with Crippen molar-refractivity contribution in [1.29, 1.82) is 0 Å². The van der Waals surface area contributed by atoms with E-state index in [-0.39, 0.29) is 6.61 Å². The van der Waals surface area contributed by atoms with Gasteiger partial charge in [0.2, 0.25) is 0 Å².